The van der Waals surface area contributed by atoms with Crippen LogP contribution in [-0.2, 0) is 9.53 Å². The van der Waals surface area contributed by atoms with Gasteiger partial charge in [0.25, 0.3) is 0 Å². The lowest BCUT2D eigenvalue weighted by molar-refractivity contribution is -0.110. The fourth-order valence-electron chi connectivity index (χ4n) is 1.15. The van der Waals surface area contributed by atoms with E-state index in [0.717, 1.165) is 39.4 Å². The molecule has 1 aliphatic rings. The highest BCUT2D eigenvalue weighted by Gasteiger charge is 2.08. The Bertz CT molecular complexity index is 134. The van der Waals surface area contributed by atoms with Gasteiger partial charge in [-0.3, -0.25) is 15.1 Å². The van der Waals surface area contributed by atoms with Crippen LogP contribution in [0.1, 0.15) is 0 Å². The first kappa shape index (κ1) is 16.4. The predicted molar refractivity (Wildman–Crippen MR) is 59.0 cm³/mol. The van der Waals surface area contributed by atoms with Crippen LogP contribution in [-0.4, -0.2) is 50.7 Å². The van der Waals surface area contributed by atoms with Crippen LogP contribution in [0, 0.1) is 0 Å². The summed E-state index contributed by atoms with van der Waals surface area (Å²) in [5, 5.41) is 0. The lowest BCUT2D eigenvalue weighted by Gasteiger charge is -2.26. The lowest BCUT2D eigenvalue weighted by Crippen LogP contribution is -2.42. The number of carbonyl (C=O) groups excluding carboxylic acids is 1. The third-order valence-electron chi connectivity index (χ3n) is 1.82. The van der Waals surface area contributed by atoms with Crippen molar-refractivity contribution in [2.24, 2.45) is 0 Å². The minimum atomic E-state index is 0. The van der Waals surface area contributed by atoms with Gasteiger partial charge in [0.2, 0.25) is 6.41 Å². The number of nitrogens with zero attached hydrogens (tertiary/aromatic N) is 1. The highest BCUT2D eigenvalue weighted by atomic mass is 35.5. The molecular weight excluding hydrogens is 229 g/mol. The van der Waals surface area contributed by atoms with E-state index in [0.29, 0.717) is 6.41 Å². The fraction of sp³-hybridized carbons (Fsp3) is 0.857. The number of halogens is 2. The largest absolute Gasteiger partial charge is 0.379 e. The Morgan fingerprint density at radius 3 is 2.50 bits per heavy atom. The molecule has 0 saturated carbocycles. The first-order valence-corrected chi connectivity index (χ1v) is 4.15. The van der Waals surface area contributed by atoms with Crippen molar-refractivity contribution in [2.45, 2.75) is 0 Å². The van der Waals surface area contributed by atoms with Crippen molar-refractivity contribution in [2.75, 3.05) is 39.4 Å². The summed E-state index contributed by atoms with van der Waals surface area (Å²) in [6.45, 7) is 5.34. The van der Waals surface area contributed by atoms with E-state index in [2.05, 4.69) is 15.8 Å². The number of nitrogens with one attached hydrogen (secondary N) is 2. The van der Waals surface area contributed by atoms with Crippen LogP contribution in [0.2, 0.25) is 0 Å². The molecular formula is C7H17Cl2N3O2. The highest BCUT2D eigenvalue weighted by Crippen LogP contribution is 1.94. The van der Waals surface area contributed by atoms with Crippen molar-refractivity contribution in [3.8, 4) is 0 Å². The first-order valence-electron chi connectivity index (χ1n) is 4.15. The van der Waals surface area contributed by atoms with Crippen LogP contribution in [0.4, 0.5) is 0 Å². The number of hydrogen-bond donors (Lipinski definition) is 2. The predicted octanol–water partition coefficient (Wildman–Crippen LogP) is -0.587. The monoisotopic (exact) mass is 245 g/mol. The van der Waals surface area contributed by atoms with Gasteiger partial charge in [0.1, 0.15) is 0 Å². The fourth-order valence-corrected chi connectivity index (χ4v) is 1.15. The Kier molecular flexibility index (Phi) is 12.9. The maximum atomic E-state index is 9.85. The van der Waals surface area contributed by atoms with Gasteiger partial charge in [0.15, 0.2) is 0 Å². The standard InChI is InChI=1S/C7H15N3O2.2ClH/c11-7-9-8-1-2-10-3-5-12-6-4-10;;/h7-8H,1-6H2,(H,9,11);2*1H. The molecule has 2 N–H and O–H groups in total. The summed E-state index contributed by atoms with van der Waals surface area (Å²) in [5.74, 6) is 0. The number of rotatable bonds is 5. The maximum absolute atomic E-state index is 9.85. The van der Waals surface area contributed by atoms with Crippen molar-refractivity contribution < 1.29 is 9.53 Å². The molecule has 0 bridgehead atoms. The van der Waals surface area contributed by atoms with Gasteiger partial charge < -0.3 is 4.74 Å². The van der Waals surface area contributed by atoms with E-state index >= 15 is 0 Å². The number of ether oxygens (including phenoxy) is 1. The third kappa shape index (κ3) is 7.34. The molecule has 1 fully saturated rings. The Balaban J connectivity index is 0. The molecule has 1 aliphatic heterocycles. The number of carbonyl (C=O) groups is 1. The summed E-state index contributed by atoms with van der Waals surface area (Å²) in [4.78, 5) is 12.1. The summed E-state index contributed by atoms with van der Waals surface area (Å²) in [6, 6.07) is 0. The second kappa shape index (κ2) is 11.0. The Morgan fingerprint density at radius 2 is 1.93 bits per heavy atom. The van der Waals surface area contributed by atoms with Crippen LogP contribution < -0.4 is 10.9 Å². The SMILES string of the molecule is Cl.Cl.O=CNNCCN1CCOCC1. The molecule has 0 aliphatic carbocycles. The molecule has 1 heterocycles. The molecule has 86 valence electrons. The second-order valence-electron chi connectivity index (χ2n) is 2.64. The van der Waals surface area contributed by atoms with Gasteiger partial charge in [-0.15, -0.1) is 24.8 Å². The zero-order valence-electron chi connectivity index (χ0n) is 7.90. The van der Waals surface area contributed by atoms with Crippen molar-refractivity contribution in [1.82, 2.24) is 15.8 Å². The van der Waals surface area contributed by atoms with E-state index in [1.165, 1.54) is 0 Å². The number of amides is 1. The van der Waals surface area contributed by atoms with E-state index in [-0.39, 0.29) is 24.8 Å². The van der Waals surface area contributed by atoms with Crippen LogP contribution in [0.15, 0.2) is 0 Å². The van der Waals surface area contributed by atoms with E-state index in [1.54, 1.807) is 0 Å². The topological polar surface area (TPSA) is 53.6 Å². The average molecular weight is 246 g/mol. The van der Waals surface area contributed by atoms with E-state index in [1.807, 2.05) is 0 Å². The van der Waals surface area contributed by atoms with Gasteiger partial charge in [-0.05, 0) is 0 Å². The van der Waals surface area contributed by atoms with Crippen LogP contribution >= 0.6 is 24.8 Å². The number of morpholine rings is 1. The summed E-state index contributed by atoms with van der Waals surface area (Å²) >= 11 is 0. The van der Waals surface area contributed by atoms with Gasteiger partial charge in [-0.2, -0.15) is 0 Å². The molecule has 0 radical (unpaired) electrons. The van der Waals surface area contributed by atoms with Crippen molar-refractivity contribution in [1.29, 1.82) is 0 Å². The second-order valence-corrected chi connectivity index (χ2v) is 2.64. The van der Waals surface area contributed by atoms with Gasteiger partial charge in [0, 0.05) is 26.2 Å². The Morgan fingerprint density at radius 1 is 1.29 bits per heavy atom. The molecule has 14 heavy (non-hydrogen) atoms. The maximum Gasteiger partial charge on any atom is 0.221 e. The molecule has 1 amide bonds. The van der Waals surface area contributed by atoms with Crippen LogP contribution in [0.5, 0.6) is 0 Å². The van der Waals surface area contributed by atoms with Crippen molar-refractivity contribution in [3.63, 3.8) is 0 Å². The third-order valence-corrected chi connectivity index (χ3v) is 1.82. The zero-order chi connectivity index (χ0) is 8.65. The van der Waals surface area contributed by atoms with Crippen LogP contribution in [0.3, 0.4) is 0 Å². The summed E-state index contributed by atoms with van der Waals surface area (Å²) in [6.07, 6.45) is 0.638. The molecule has 7 heteroatoms. The highest BCUT2D eigenvalue weighted by molar-refractivity contribution is 5.85. The summed E-state index contributed by atoms with van der Waals surface area (Å²) in [7, 11) is 0. The number of hydrogen-bond acceptors (Lipinski definition) is 4. The normalized spacial score (nSPS) is 16.3. The van der Waals surface area contributed by atoms with Gasteiger partial charge in [-0.25, -0.2) is 5.43 Å². The summed E-state index contributed by atoms with van der Waals surface area (Å²) < 4.78 is 5.19. The van der Waals surface area contributed by atoms with Gasteiger partial charge >= 0.3 is 0 Å². The van der Waals surface area contributed by atoms with Crippen LogP contribution in [0.25, 0.3) is 0 Å². The quantitative estimate of drug-likeness (QED) is 0.387. The molecule has 0 aromatic carbocycles. The molecule has 5 nitrogen and oxygen atoms in total. The minimum Gasteiger partial charge on any atom is -0.379 e. The Hall–Kier alpha value is -0.0700. The van der Waals surface area contributed by atoms with E-state index < -0.39 is 0 Å². The number of hydrazine groups is 1. The molecule has 0 unspecified atom stereocenters. The van der Waals surface area contributed by atoms with E-state index in [9.17, 15) is 4.79 Å². The molecule has 0 spiro atoms. The van der Waals surface area contributed by atoms with Gasteiger partial charge in [0.05, 0.1) is 13.2 Å². The molecule has 1 rings (SSSR count). The smallest absolute Gasteiger partial charge is 0.221 e. The molecule has 0 aromatic heterocycles. The lowest BCUT2D eigenvalue weighted by atomic mass is 10.4. The average Bonchev–Trinajstić information content (AvgIpc) is 2.14. The Labute approximate surface area is 96.3 Å². The minimum absolute atomic E-state index is 0. The van der Waals surface area contributed by atoms with Gasteiger partial charge in [-0.1, -0.05) is 0 Å². The van der Waals surface area contributed by atoms with E-state index in [4.69, 9.17) is 4.74 Å². The molecule has 0 atom stereocenters. The molecule has 0 aromatic rings. The van der Waals surface area contributed by atoms with Crippen molar-refractivity contribution >= 4 is 31.2 Å². The molecule has 1 saturated heterocycles. The zero-order valence-corrected chi connectivity index (χ0v) is 9.53. The first-order chi connectivity index (χ1) is 5.93. The van der Waals surface area contributed by atoms with Crippen molar-refractivity contribution in [3.05, 3.63) is 0 Å². The summed E-state index contributed by atoms with van der Waals surface area (Å²) in [5.41, 5.74) is 5.18.